The Bertz CT molecular complexity index is 1430. The number of aromatic amines is 1. The molecule has 4 aromatic heterocycles. The van der Waals surface area contributed by atoms with Crippen molar-refractivity contribution < 1.29 is 14.3 Å². The van der Waals surface area contributed by atoms with Crippen molar-refractivity contribution in [1.29, 1.82) is 0 Å². The molecule has 1 saturated heterocycles. The fourth-order valence-corrected chi connectivity index (χ4v) is 4.98. The van der Waals surface area contributed by atoms with Gasteiger partial charge in [-0.05, 0) is 44.4 Å². The third kappa shape index (κ3) is 3.94. The number of pyridine rings is 2. The first-order valence-electron chi connectivity index (χ1n) is 10.9. The van der Waals surface area contributed by atoms with Gasteiger partial charge in [-0.15, -0.1) is 11.3 Å². The first-order valence-corrected chi connectivity index (χ1v) is 11.8. The van der Waals surface area contributed by atoms with Crippen LogP contribution < -0.4 is 10.3 Å². The number of nitrogens with zero attached hydrogens (tertiary/aromatic N) is 4. The fraction of sp³-hybridized carbons (Fsp3) is 0.333. The van der Waals surface area contributed by atoms with Gasteiger partial charge in [0.05, 0.1) is 30.4 Å². The van der Waals surface area contributed by atoms with Crippen LogP contribution in [0.5, 0.6) is 5.88 Å². The van der Waals surface area contributed by atoms with Gasteiger partial charge in [0, 0.05) is 46.9 Å². The minimum atomic E-state index is -0.531. The number of fused-ring (bicyclic) bond motifs is 1. The zero-order valence-corrected chi connectivity index (χ0v) is 20.2. The highest BCUT2D eigenvalue weighted by atomic mass is 32.1. The van der Waals surface area contributed by atoms with Crippen molar-refractivity contribution in [2.45, 2.75) is 32.4 Å². The number of nitrogens with one attached hydrogen (secondary N) is 1. The van der Waals surface area contributed by atoms with Crippen molar-refractivity contribution in [1.82, 2.24) is 24.6 Å². The maximum atomic E-state index is 12.8. The van der Waals surface area contributed by atoms with Crippen molar-refractivity contribution in [3.8, 4) is 28.3 Å². The van der Waals surface area contributed by atoms with E-state index in [0.717, 1.165) is 21.4 Å². The van der Waals surface area contributed by atoms with E-state index in [1.165, 1.54) is 11.3 Å². The van der Waals surface area contributed by atoms with Crippen LogP contribution in [0.3, 0.4) is 0 Å². The van der Waals surface area contributed by atoms with Crippen molar-refractivity contribution in [2.24, 2.45) is 0 Å². The summed E-state index contributed by atoms with van der Waals surface area (Å²) in [6.07, 6.45) is 4.97. The SMILES string of the molecule is COc1ncccc1-c1c(-c2cnn(C3CN(C(=O)OC(C)(C)C)C3)c2)[nH]c(=O)c2ccsc12. The van der Waals surface area contributed by atoms with Crippen molar-refractivity contribution in [3.05, 3.63) is 52.5 Å². The lowest BCUT2D eigenvalue weighted by Crippen LogP contribution is -2.52. The van der Waals surface area contributed by atoms with E-state index in [9.17, 15) is 9.59 Å². The van der Waals surface area contributed by atoms with Crippen LogP contribution in [0.2, 0.25) is 0 Å². The number of H-pyrrole nitrogens is 1. The molecule has 0 aromatic carbocycles. The second kappa shape index (κ2) is 8.28. The smallest absolute Gasteiger partial charge is 0.410 e. The molecule has 5 heterocycles. The van der Waals surface area contributed by atoms with Crippen LogP contribution in [0.1, 0.15) is 26.8 Å². The van der Waals surface area contributed by atoms with Crippen LogP contribution in [-0.4, -0.2) is 56.5 Å². The Hall–Kier alpha value is -3.66. The van der Waals surface area contributed by atoms with Gasteiger partial charge in [-0.25, -0.2) is 9.78 Å². The van der Waals surface area contributed by atoms with Crippen LogP contribution in [-0.2, 0) is 4.74 Å². The predicted molar refractivity (Wildman–Crippen MR) is 130 cm³/mol. The zero-order valence-electron chi connectivity index (χ0n) is 19.4. The summed E-state index contributed by atoms with van der Waals surface area (Å²) in [5, 5.41) is 7.05. The largest absolute Gasteiger partial charge is 0.481 e. The van der Waals surface area contributed by atoms with Crippen LogP contribution in [0.25, 0.3) is 32.5 Å². The molecule has 9 nitrogen and oxygen atoms in total. The first-order chi connectivity index (χ1) is 16.2. The third-order valence-electron chi connectivity index (χ3n) is 5.64. The molecule has 0 bridgehead atoms. The van der Waals surface area contributed by atoms with E-state index in [-0.39, 0.29) is 17.7 Å². The maximum absolute atomic E-state index is 12.8. The van der Waals surface area contributed by atoms with E-state index in [2.05, 4.69) is 15.1 Å². The van der Waals surface area contributed by atoms with Gasteiger partial charge in [0.2, 0.25) is 5.88 Å². The second-order valence-electron chi connectivity index (χ2n) is 9.18. The molecular formula is C24H25N5O4S. The fourth-order valence-electron chi connectivity index (χ4n) is 4.02. The number of rotatable bonds is 4. The number of aromatic nitrogens is 4. The summed E-state index contributed by atoms with van der Waals surface area (Å²) < 4.78 is 13.6. The predicted octanol–water partition coefficient (Wildman–Crippen LogP) is 4.32. The van der Waals surface area contributed by atoms with Gasteiger partial charge in [-0.2, -0.15) is 5.10 Å². The van der Waals surface area contributed by atoms with Gasteiger partial charge in [-0.1, -0.05) is 0 Å². The molecule has 1 aliphatic rings. The molecule has 1 N–H and O–H groups in total. The zero-order chi connectivity index (χ0) is 24.0. The average Bonchev–Trinajstić information content (AvgIpc) is 3.42. The summed E-state index contributed by atoms with van der Waals surface area (Å²) in [6, 6.07) is 5.62. The molecule has 0 saturated carbocycles. The van der Waals surface area contributed by atoms with Crippen molar-refractivity contribution >= 4 is 27.5 Å². The molecule has 0 aliphatic carbocycles. The lowest BCUT2D eigenvalue weighted by Gasteiger charge is -2.39. The van der Waals surface area contributed by atoms with Gasteiger partial charge < -0.3 is 19.4 Å². The summed E-state index contributed by atoms with van der Waals surface area (Å²) in [4.78, 5) is 34.1. The van der Waals surface area contributed by atoms with E-state index in [0.29, 0.717) is 30.0 Å². The summed E-state index contributed by atoms with van der Waals surface area (Å²) in [5.74, 6) is 0.477. The minimum Gasteiger partial charge on any atom is -0.481 e. The first kappa shape index (κ1) is 22.1. The van der Waals surface area contributed by atoms with Crippen molar-refractivity contribution in [3.63, 3.8) is 0 Å². The Kier molecular flexibility index (Phi) is 5.40. The number of hydrogen-bond acceptors (Lipinski definition) is 7. The summed E-state index contributed by atoms with van der Waals surface area (Å²) in [7, 11) is 1.58. The van der Waals surface area contributed by atoms with Gasteiger partial charge in [-0.3, -0.25) is 9.48 Å². The van der Waals surface area contributed by atoms with Gasteiger partial charge in [0.25, 0.3) is 5.56 Å². The Morgan fingerprint density at radius 3 is 2.79 bits per heavy atom. The van der Waals surface area contributed by atoms with Crippen LogP contribution >= 0.6 is 11.3 Å². The molecule has 1 amide bonds. The molecule has 1 fully saturated rings. The van der Waals surface area contributed by atoms with Gasteiger partial charge in [0.1, 0.15) is 5.60 Å². The second-order valence-corrected chi connectivity index (χ2v) is 10.1. The number of hydrogen-bond donors (Lipinski definition) is 1. The van der Waals surface area contributed by atoms with E-state index in [1.807, 2.05) is 55.2 Å². The molecule has 10 heteroatoms. The number of thiophene rings is 1. The number of carbonyl (C=O) groups is 1. The van der Waals surface area contributed by atoms with Crippen LogP contribution in [0.4, 0.5) is 4.79 Å². The van der Waals surface area contributed by atoms with E-state index >= 15 is 0 Å². The molecule has 0 radical (unpaired) electrons. The quantitative estimate of drug-likeness (QED) is 0.468. The van der Waals surface area contributed by atoms with E-state index in [1.54, 1.807) is 24.4 Å². The monoisotopic (exact) mass is 479 g/mol. The van der Waals surface area contributed by atoms with Crippen LogP contribution in [0.15, 0.2) is 47.0 Å². The summed E-state index contributed by atoms with van der Waals surface area (Å²) >= 11 is 1.50. The normalized spacial score (nSPS) is 14.3. The molecule has 1 aliphatic heterocycles. The number of likely N-dealkylation sites (tertiary alicyclic amines) is 1. The highest BCUT2D eigenvalue weighted by Gasteiger charge is 2.35. The minimum absolute atomic E-state index is 0.0369. The molecule has 0 atom stereocenters. The van der Waals surface area contributed by atoms with Crippen molar-refractivity contribution in [2.75, 3.05) is 20.2 Å². The standard InChI is InChI=1S/C24H25N5O4S/c1-24(2,3)33-23(31)28-12-15(13-28)29-11-14(10-26-29)19-18(16-6-5-8-25-22(16)32-4)20-17(7-9-34-20)21(30)27-19/h5-11,15H,12-13H2,1-4H3,(H,27,30). The topological polar surface area (TPSA) is 102 Å². The lowest BCUT2D eigenvalue weighted by atomic mass is 10.0. The maximum Gasteiger partial charge on any atom is 0.410 e. The number of ether oxygens (including phenoxy) is 2. The van der Waals surface area contributed by atoms with E-state index in [4.69, 9.17) is 9.47 Å². The third-order valence-corrected chi connectivity index (χ3v) is 6.57. The molecule has 176 valence electrons. The molecule has 0 spiro atoms. The number of carbonyl (C=O) groups excluding carboxylic acids is 1. The molecular weight excluding hydrogens is 454 g/mol. The Morgan fingerprint density at radius 2 is 2.06 bits per heavy atom. The average molecular weight is 480 g/mol. The van der Waals surface area contributed by atoms with Gasteiger partial charge in [0.15, 0.2) is 0 Å². The highest BCUT2D eigenvalue weighted by molar-refractivity contribution is 7.17. The molecule has 4 aromatic rings. The Labute approximate surface area is 200 Å². The summed E-state index contributed by atoms with van der Waals surface area (Å²) in [5.41, 5.74) is 2.36. The van der Waals surface area contributed by atoms with Gasteiger partial charge >= 0.3 is 6.09 Å². The summed E-state index contributed by atoms with van der Waals surface area (Å²) in [6.45, 7) is 6.57. The molecule has 34 heavy (non-hydrogen) atoms. The Morgan fingerprint density at radius 1 is 1.26 bits per heavy atom. The Balaban J connectivity index is 1.50. The highest BCUT2D eigenvalue weighted by Crippen LogP contribution is 2.41. The van der Waals surface area contributed by atoms with Crippen LogP contribution in [0, 0.1) is 0 Å². The molecule has 5 rings (SSSR count). The van der Waals surface area contributed by atoms with E-state index < -0.39 is 5.60 Å². The number of amides is 1. The number of methoxy groups -OCH3 is 1. The molecule has 0 unspecified atom stereocenters. The lowest BCUT2D eigenvalue weighted by molar-refractivity contribution is -0.000382.